The maximum absolute atomic E-state index is 12.1. The summed E-state index contributed by atoms with van der Waals surface area (Å²) in [6.07, 6.45) is 0. The highest BCUT2D eigenvalue weighted by molar-refractivity contribution is 6.05. The number of rotatable bonds is 5. The van der Waals surface area contributed by atoms with Crippen molar-refractivity contribution in [3.8, 4) is 0 Å². The lowest BCUT2D eigenvalue weighted by molar-refractivity contribution is -0.113. The van der Waals surface area contributed by atoms with E-state index in [1.54, 1.807) is 13.8 Å². The van der Waals surface area contributed by atoms with Crippen LogP contribution in [0.1, 0.15) is 34.6 Å². The van der Waals surface area contributed by atoms with Crippen LogP contribution >= 0.6 is 0 Å². The van der Waals surface area contributed by atoms with E-state index < -0.39 is 17.8 Å². The minimum absolute atomic E-state index is 0.0620. The van der Waals surface area contributed by atoms with Crippen LogP contribution in [0.15, 0.2) is 34.6 Å². The minimum atomic E-state index is -0.668. The van der Waals surface area contributed by atoms with Crippen molar-refractivity contribution in [3.05, 3.63) is 40.6 Å². The number of benzene rings is 1. The highest BCUT2D eigenvalue weighted by Crippen LogP contribution is 2.18. The average molecular weight is 319 g/mol. The summed E-state index contributed by atoms with van der Waals surface area (Å²) in [6, 6.07) is 4.00. The molecule has 8 heteroatoms. The molecule has 0 saturated carbocycles. The van der Waals surface area contributed by atoms with E-state index in [1.807, 2.05) is 0 Å². The number of carbonyl (C=O) groups excluding carboxylic acids is 3. The van der Waals surface area contributed by atoms with E-state index in [4.69, 9.17) is 5.53 Å². The molecule has 2 N–H and O–H groups in total. The zero-order chi connectivity index (χ0) is 17.6. The Hall–Kier alpha value is -3.03. The second-order valence-corrected chi connectivity index (χ2v) is 4.70. The Morgan fingerprint density at radius 3 is 1.83 bits per heavy atom. The second-order valence-electron chi connectivity index (χ2n) is 4.70. The summed E-state index contributed by atoms with van der Waals surface area (Å²) < 4.78 is 9.22. The molecule has 0 heterocycles. The Bertz CT molecular complexity index is 656. The largest absolute Gasteiger partial charge is 0.465 e. The Morgan fingerprint density at radius 2 is 1.48 bits per heavy atom. The number of nitrogens with zero attached hydrogens (tertiary/aromatic N) is 1. The molecule has 8 nitrogen and oxygen atoms in total. The Balaban J connectivity index is 3.27. The van der Waals surface area contributed by atoms with Gasteiger partial charge in [0.1, 0.15) is 5.70 Å². The molecular formula is C15H17N3O5. The molecule has 1 rings (SSSR count). The molecule has 0 saturated heterocycles. The van der Waals surface area contributed by atoms with Gasteiger partial charge in [-0.05, 0) is 37.6 Å². The van der Waals surface area contributed by atoms with Gasteiger partial charge < -0.3 is 14.8 Å². The molecule has 0 aliphatic heterocycles. The van der Waals surface area contributed by atoms with Gasteiger partial charge in [-0.1, -0.05) is 0 Å². The van der Waals surface area contributed by atoms with Gasteiger partial charge in [0, 0.05) is 5.69 Å². The summed E-state index contributed by atoms with van der Waals surface area (Å²) in [6.45, 7) is 3.27. The third kappa shape index (κ3) is 4.47. The van der Waals surface area contributed by atoms with E-state index >= 15 is 0 Å². The quantitative estimate of drug-likeness (QED) is 0.491. The molecule has 0 radical (unpaired) electrons. The standard InChI is InChI=1S/C15H17N3O5/c1-8(2)12(18-16)13(19)17-11-6-9(14(20)22-3)5-10(7-11)15(21)23-4/h5-7,16H,1-4H3,(H,17,19). The van der Waals surface area contributed by atoms with Crippen molar-refractivity contribution in [1.82, 2.24) is 0 Å². The first-order valence-electron chi connectivity index (χ1n) is 6.52. The Kier molecular flexibility index (Phi) is 6.13. The number of hydrogen-bond donors (Lipinski definition) is 2. The predicted octanol–water partition coefficient (Wildman–Crippen LogP) is 2.52. The van der Waals surface area contributed by atoms with Gasteiger partial charge in [0.05, 0.1) is 25.3 Å². The summed E-state index contributed by atoms with van der Waals surface area (Å²) in [7, 11) is 2.40. The normalized spacial score (nSPS) is 9.57. The van der Waals surface area contributed by atoms with Gasteiger partial charge in [-0.2, -0.15) is 5.11 Å². The van der Waals surface area contributed by atoms with Crippen LogP contribution in [0.2, 0.25) is 0 Å². The highest BCUT2D eigenvalue weighted by Gasteiger charge is 2.16. The third-order valence-corrected chi connectivity index (χ3v) is 2.83. The number of nitrogens with one attached hydrogen (secondary N) is 2. The number of carbonyl (C=O) groups is 3. The van der Waals surface area contributed by atoms with Crippen LogP contribution in [0, 0.1) is 5.53 Å². The SMILES string of the molecule is COC(=O)c1cc(NC(=O)C(N=N)=C(C)C)cc(C(=O)OC)c1. The Labute approximate surface area is 133 Å². The molecule has 0 atom stereocenters. The van der Waals surface area contributed by atoms with E-state index in [1.165, 1.54) is 32.4 Å². The number of amides is 1. The van der Waals surface area contributed by atoms with Crippen molar-refractivity contribution >= 4 is 23.5 Å². The molecule has 0 aliphatic carbocycles. The molecule has 0 aliphatic rings. The average Bonchev–Trinajstić information content (AvgIpc) is 2.53. The lowest BCUT2D eigenvalue weighted by Crippen LogP contribution is -2.16. The molecule has 0 aromatic heterocycles. The maximum atomic E-state index is 12.1. The van der Waals surface area contributed by atoms with Crippen LogP contribution < -0.4 is 5.32 Å². The Morgan fingerprint density at radius 1 is 1.00 bits per heavy atom. The van der Waals surface area contributed by atoms with Crippen molar-refractivity contribution in [2.75, 3.05) is 19.5 Å². The van der Waals surface area contributed by atoms with Crippen molar-refractivity contribution in [3.63, 3.8) is 0 Å². The smallest absolute Gasteiger partial charge is 0.337 e. The molecule has 0 unspecified atom stereocenters. The fraction of sp³-hybridized carbons (Fsp3) is 0.267. The van der Waals surface area contributed by atoms with E-state index in [9.17, 15) is 14.4 Å². The fourth-order valence-electron chi connectivity index (χ4n) is 1.75. The number of methoxy groups -OCH3 is 2. The van der Waals surface area contributed by atoms with Gasteiger partial charge in [-0.15, -0.1) is 0 Å². The topological polar surface area (TPSA) is 118 Å². The van der Waals surface area contributed by atoms with Gasteiger partial charge in [0.2, 0.25) is 0 Å². The summed E-state index contributed by atoms with van der Waals surface area (Å²) in [5.74, 6) is -1.96. The predicted molar refractivity (Wildman–Crippen MR) is 81.3 cm³/mol. The molecule has 23 heavy (non-hydrogen) atoms. The number of hydrogen-bond acceptors (Lipinski definition) is 7. The first-order valence-corrected chi connectivity index (χ1v) is 6.52. The van der Waals surface area contributed by atoms with Gasteiger partial charge in [-0.25, -0.2) is 15.1 Å². The maximum Gasteiger partial charge on any atom is 0.337 e. The summed E-state index contributed by atoms with van der Waals surface area (Å²) in [4.78, 5) is 35.4. The van der Waals surface area contributed by atoms with Crippen molar-refractivity contribution in [1.29, 1.82) is 5.53 Å². The number of anilines is 1. The van der Waals surface area contributed by atoms with Crippen molar-refractivity contribution in [2.45, 2.75) is 13.8 Å². The van der Waals surface area contributed by atoms with Crippen LogP contribution in [0.5, 0.6) is 0 Å². The van der Waals surface area contributed by atoms with Crippen molar-refractivity contribution < 1.29 is 23.9 Å². The molecule has 1 amide bonds. The van der Waals surface area contributed by atoms with Gasteiger partial charge in [-0.3, -0.25) is 4.79 Å². The number of esters is 2. The van der Waals surface area contributed by atoms with E-state index in [2.05, 4.69) is 19.9 Å². The zero-order valence-electron chi connectivity index (χ0n) is 13.2. The third-order valence-electron chi connectivity index (χ3n) is 2.83. The number of allylic oxidation sites excluding steroid dienone is 1. The first kappa shape index (κ1) is 18.0. The van der Waals surface area contributed by atoms with E-state index in [0.717, 1.165) is 0 Å². The molecule has 1 aromatic rings. The van der Waals surface area contributed by atoms with Gasteiger partial charge in [0.25, 0.3) is 5.91 Å². The lowest BCUT2D eigenvalue weighted by Gasteiger charge is -2.10. The summed E-state index contributed by atoms with van der Waals surface area (Å²) >= 11 is 0. The van der Waals surface area contributed by atoms with Crippen LogP contribution in [-0.4, -0.2) is 32.1 Å². The van der Waals surface area contributed by atoms with Crippen molar-refractivity contribution in [2.24, 2.45) is 5.11 Å². The second kappa shape index (κ2) is 7.83. The molecule has 1 aromatic carbocycles. The molecular weight excluding hydrogens is 302 g/mol. The fourth-order valence-corrected chi connectivity index (χ4v) is 1.75. The van der Waals surface area contributed by atoms with E-state index in [0.29, 0.717) is 5.57 Å². The number of ether oxygens (including phenoxy) is 2. The van der Waals surface area contributed by atoms with Crippen LogP contribution in [0.3, 0.4) is 0 Å². The van der Waals surface area contributed by atoms with Crippen LogP contribution in [0.25, 0.3) is 0 Å². The molecule has 122 valence electrons. The first-order chi connectivity index (χ1) is 10.8. The lowest BCUT2D eigenvalue weighted by atomic mass is 10.1. The van der Waals surface area contributed by atoms with Gasteiger partial charge in [0.15, 0.2) is 0 Å². The molecule has 0 fully saturated rings. The monoisotopic (exact) mass is 319 g/mol. The summed E-state index contributed by atoms with van der Waals surface area (Å²) in [5, 5.41) is 5.65. The van der Waals surface area contributed by atoms with Crippen LogP contribution in [-0.2, 0) is 14.3 Å². The highest BCUT2D eigenvalue weighted by atomic mass is 16.5. The minimum Gasteiger partial charge on any atom is -0.465 e. The molecule has 0 spiro atoms. The van der Waals surface area contributed by atoms with Gasteiger partial charge >= 0.3 is 11.9 Å². The molecule has 0 bridgehead atoms. The summed E-state index contributed by atoms with van der Waals surface area (Å²) in [5.41, 5.74) is 7.85. The van der Waals surface area contributed by atoms with Crippen LogP contribution in [0.4, 0.5) is 5.69 Å². The zero-order valence-corrected chi connectivity index (χ0v) is 13.2. The van der Waals surface area contributed by atoms with E-state index in [-0.39, 0.29) is 22.5 Å².